The van der Waals surface area contributed by atoms with Crippen LogP contribution in [0.3, 0.4) is 0 Å². The molecule has 1 aliphatic carbocycles. The lowest BCUT2D eigenvalue weighted by Crippen LogP contribution is -2.53. The van der Waals surface area contributed by atoms with Crippen molar-refractivity contribution in [1.29, 1.82) is 0 Å². The number of ether oxygens (including phenoxy) is 1. The molecule has 12 heavy (non-hydrogen) atoms. The molecule has 0 aromatic heterocycles. The van der Waals surface area contributed by atoms with Gasteiger partial charge in [0.05, 0.1) is 11.2 Å². The molecule has 0 spiro atoms. The molecule has 1 saturated carbocycles. The van der Waals surface area contributed by atoms with E-state index in [0.29, 0.717) is 0 Å². The van der Waals surface area contributed by atoms with E-state index in [9.17, 15) is 0 Å². The predicted octanol–water partition coefficient (Wildman–Crippen LogP) is 1.92. The summed E-state index contributed by atoms with van der Waals surface area (Å²) in [6, 6.07) is 0. The maximum absolute atomic E-state index is 6.06. The quantitative estimate of drug-likeness (QED) is 0.550. The molecule has 3 aliphatic rings. The normalized spacial score (nSPS) is 43.8. The van der Waals surface area contributed by atoms with Gasteiger partial charge in [-0.2, -0.15) is 0 Å². The molecule has 3 rings (SSSR count). The van der Waals surface area contributed by atoms with Gasteiger partial charge in [-0.25, -0.2) is 0 Å². The molecule has 2 N–H and O–H groups in total. The second kappa shape index (κ2) is 2.71. The molecule has 0 atom stereocenters. The Morgan fingerprint density at radius 3 is 1.83 bits per heavy atom. The third kappa shape index (κ3) is 1.38. The van der Waals surface area contributed by atoms with E-state index >= 15 is 0 Å². The van der Waals surface area contributed by atoms with E-state index < -0.39 is 0 Å². The van der Waals surface area contributed by atoms with Crippen molar-refractivity contribution in [2.45, 2.75) is 57.7 Å². The van der Waals surface area contributed by atoms with E-state index in [1.165, 1.54) is 25.7 Å². The van der Waals surface area contributed by atoms with Crippen molar-refractivity contribution in [2.75, 3.05) is 0 Å². The average Bonchev–Trinajstić information content (AvgIpc) is 1.84. The summed E-state index contributed by atoms with van der Waals surface area (Å²) in [4.78, 5) is 0. The van der Waals surface area contributed by atoms with Crippen molar-refractivity contribution >= 4 is 0 Å². The molecule has 2 heteroatoms. The first-order valence-electron chi connectivity index (χ1n) is 4.72. The Kier molecular flexibility index (Phi) is 2.26. The van der Waals surface area contributed by atoms with Crippen LogP contribution in [0.4, 0.5) is 0 Å². The van der Waals surface area contributed by atoms with Crippen LogP contribution in [0.5, 0.6) is 0 Å². The minimum atomic E-state index is 0. The molecule has 2 bridgehead atoms. The zero-order chi connectivity index (χ0) is 8.11. The van der Waals surface area contributed by atoms with Crippen LogP contribution >= 0.6 is 0 Å². The first-order chi connectivity index (χ1) is 5.02. The Bertz CT molecular complexity index is 164. The average molecular weight is 172 g/mol. The Labute approximate surface area is 74.6 Å². The summed E-state index contributed by atoms with van der Waals surface area (Å²) in [5.41, 5.74) is 0.378. The third-order valence-corrected chi connectivity index (χ3v) is 3.54. The fourth-order valence-corrected chi connectivity index (χ4v) is 2.74. The fraction of sp³-hybridized carbons (Fsp3) is 1.00. The first kappa shape index (κ1) is 10.0. The summed E-state index contributed by atoms with van der Waals surface area (Å²) in [5.74, 6) is 0.823. The summed E-state index contributed by atoms with van der Waals surface area (Å²) < 4.78 is 6.06. The minimum Gasteiger partial charge on any atom is -0.412 e. The molecule has 0 aromatic rings. The van der Waals surface area contributed by atoms with Crippen molar-refractivity contribution in [3.8, 4) is 0 Å². The lowest BCUT2D eigenvalue weighted by molar-refractivity contribution is -0.229. The second-order valence-electron chi connectivity index (χ2n) is 4.93. The van der Waals surface area contributed by atoms with Crippen molar-refractivity contribution in [3.63, 3.8) is 0 Å². The standard InChI is InChI=1S/C10H18O.H2O/c1-9(2)8-4-6-10(3,11-9)7-5-8;/h8H,4-7H2,1-3H3;1H2. The van der Waals surface area contributed by atoms with E-state index in [2.05, 4.69) is 20.8 Å². The Morgan fingerprint density at radius 2 is 1.58 bits per heavy atom. The lowest BCUT2D eigenvalue weighted by atomic mass is 9.69. The fourth-order valence-electron chi connectivity index (χ4n) is 2.74. The van der Waals surface area contributed by atoms with E-state index in [4.69, 9.17) is 4.74 Å². The summed E-state index contributed by atoms with van der Waals surface area (Å²) in [7, 11) is 0. The van der Waals surface area contributed by atoms with Crippen molar-refractivity contribution < 1.29 is 10.2 Å². The van der Waals surface area contributed by atoms with Gasteiger partial charge in [0.25, 0.3) is 0 Å². The largest absolute Gasteiger partial charge is 0.412 e. The second-order valence-corrected chi connectivity index (χ2v) is 4.93. The number of fused-ring (bicyclic) bond motifs is 3. The first-order valence-corrected chi connectivity index (χ1v) is 4.72. The van der Waals surface area contributed by atoms with Crippen LogP contribution < -0.4 is 0 Å². The van der Waals surface area contributed by atoms with Gasteiger partial charge in [-0.15, -0.1) is 0 Å². The molecular weight excluding hydrogens is 152 g/mol. The Balaban J connectivity index is 0.000000720. The van der Waals surface area contributed by atoms with Crippen molar-refractivity contribution in [1.82, 2.24) is 0 Å². The molecule has 0 radical (unpaired) electrons. The lowest BCUT2D eigenvalue weighted by Gasteiger charge is -2.54. The third-order valence-electron chi connectivity index (χ3n) is 3.54. The SMILES string of the molecule is CC12CCC(CC1)C(C)(C)O2.O. The highest BCUT2D eigenvalue weighted by atomic mass is 16.5. The van der Waals surface area contributed by atoms with Crippen molar-refractivity contribution in [3.05, 3.63) is 0 Å². The zero-order valence-electron chi connectivity index (χ0n) is 8.31. The van der Waals surface area contributed by atoms with Crippen LogP contribution in [0.25, 0.3) is 0 Å². The maximum Gasteiger partial charge on any atom is 0.0662 e. The molecule has 0 amide bonds. The molecule has 2 aliphatic heterocycles. The Hall–Kier alpha value is -0.0800. The van der Waals surface area contributed by atoms with E-state index in [1.54, 1.807) is 0 Å². The molecule has 2 nitrogen and oxygen atoms in total. The molecule has 2 heterocycles. The van der Waals surface area contributed by atoms with Crippen LogP contribution in [0, 0.1) is 5.92 Å². The summed E-state index contributed by atoms with van der Waals surface area (Å²) in [5, 5.41) is 0. The van der Waals surface area contributed by atoms with Gasteiger partial charge in [0, 0.05) is 0 Å². The van der Waals surface area contributed by atoms with Gasteiger partial charge in [-0.3, -0.25) is 0 Å². The molecule has 0 aromatic carbocycles. The van der Waals surface area contributed by atoms with Crippen LogP contribution in [-0.2, 0) is 4.74 Å². The molecule has 72 valence electrons. The molecule has 2 saturated heterocycles. The number of hydrogen-bond acceptors (Lipinski definition) is 1. The summed E-state index contributed by atoms with van der Waals surface area (Å²) in [6.45, 7) is 6.76. The van der Waals surface area contributed by atoms with Crippen LogP contribution in [0.1, 0.15) is 46.5 Å². The molecule has 0 unspecified atom stereocenters. The number of rotatable bonds is 0. The molecular formula is C10H20O2. The summed E-state index contributed by atoms with van der Waals surface area (Å²) in [6.07, 6.45) is 5.31. The zero-order valence-corrected chi connectivity index (χ0v) is 8.31. The van der Waals surface area contributed by atoms with Crippen LogP contribution in [0.15, 0.2) is 0 Å². The van der Waals surface area contributed by atoms with E-state index in [-0.39, 0.29) is 16.7 Å². The van der Waals surface area contributed by atoms with Crippen LogP contribution in [-0.4, -0.2) is 16.7 Å². The maximum atomic E-state index is 6.06. The highest BCUT2D eigenvalue weighted by Crippen LogP contribution is 2.49. The van der Waals surface area contributed by atoms with E-state index in [1.807, 2.05) is 0 Å². The van der Waals surface area contributed by atoms with Crippen molar-refractivity contribution in [2.24, 2.45) is 5.92 Å². The van der Waals surface area contributed by atoms with E-state index in [0.717, 1.165) is 5.92 Å². The van der Waals surface area contributed by atoms with Gasteiger partial charge in [-0.1, -0.05) is 0 Å². The topological polar surface area (TPSA) is 40.7 Å². The molecule has 3 fully saturated rings. The smallest absolute Gasteiger partial charge is 0.0662 e. The monoisotopic (exact) mass is 172 g/mol. The van der Waals surface area contributed by atoms with Crippen LogP contribution in [0.2, 0.25) is 0 Å². The highest BCUT2D eigenvalue weighted by Gasteiger charge is 2.47. The van der Waals surface area contributed by atoms with Gasteiger partial charge in [0.1, 0.15) is 0 Å². The van der Waals surface area contributed by atoms with Gasteiger partial charge in [0.2, 0.25) is 0 Å². The van der Waals surface area contributed by atoms with Gasteiger partial charge in [-0.05, 0) is 52.4 Å². The minimum absolute atomic E-state index is 0. The van der Waals surface area contributed by atoms with Gasteiger partial charge >= 0.3 is 0 Å². The van der Waals surface area contributed by atoms with Gasteiger partial charge < -0.3 is 10.2 Å². The predicted molar refractivity (Wildman–Crippen MR) is 49.1 cm³/mol. The summed E-state index contributed by atoms with van der Waals surface area (Å²) >= 11 is 0. The number of hydrogen-bond donors (Lipinski definition) is 0. The highest BCUT2D eigenvalue weighted by molar-refractivity contribution is 4.97. The van der Waals surface area contributed by atoms with Gasteiger partial charge in [0.15, 0.2) is 0 Å². The Morgan fingerprint density at radius 1 is 1.08 bits per heavy atom.